The van der Waals surface area contributed by atoms with Crippen molar-refractivity contribution < 1.29 is 13.9 Å². The van der Waals surface area contributed by atoms with E-state index in [1.807, 2.05) is 0 Å². The first-order valence-corrected chi connectivity index (χ1v) is 7.09. The molecule has 0 radical (unpaired) electrons. The molecule has 24 heavy (non-hydrogen) atoms. The van der Waals surface area contributed by atoms with Gasteiger partial charge in [-0.2, -0.15) is 0 Å². The summed E-state index contributed by atoms with van der Waals surface area (Å²) in [6.45, 7) is 0. The Morgan fingerprint density at radius 2 is 2.04 bits per heavy atom. The molecule has 122 valence electrons. The van der Waals surface area contributed by atoms with Crippen LogP contribution in [0.25, 0.3) is 0 Å². The number of ether oxygens (including phenoxy) is 1. The van der Waals surface area contributed by atoms with Gasteiger partial charge in [-0.25, -0.2) is 4.79 Å². The Hall–Kier alpha value is -3.42. The van der Waals surface area contributed by atoms with E-state index in [0.29, 0.717) is 17.0 Å². The lowest BCUT2D eigenvalue weighted by molar-refractivity contribution is 0.0601. The Morgan fingerprint density at radius 3 is 2.67 bits per heavy atom. The molecule has 0 spiro atoms. The normalized spacial score (nSPS) is 10.4. The third-order valence-electron chi connectivity index (χ3n) is 3.26. The molecule has 0 aliphatic carbocycles. The number of hydrogen-bond acceptors (Lipinski definition) is 7. The van der Waals surface area contributed by atoms with Crippen LogP contribution in [0.3, 0.4) is 0 Å². The molecule has 0 atom stereocenters. The van der Waals surface area contributed by atoms with Crippen LogP contribution in [0.4, 0.5) is 11.6 Å². The van der Waals surface area contributed by atoms with Gasteiger partial charge in [0.25, 0.3) is 5.56 Å². The molecule has 0 saturated heterocycles. The van der Waals surface area contributed by atoms with E-state index in [4.69, 9.17) is 4.42 Å². The van der Waals surface area contributed by atoms with E-state index in [1.54, 1.807) is 36.4 Å². The maximum absolute atomic E-state index is 12.0. The zero-order valence-corrected chi connectivity index (χ0v) is 12.8. The predicted octanol–water partition coefficient (Wildman–Crippen LogP) is 1.88. The molecule has 8 heteroatoms. The number of methoxy groups -OCH3 is 1. The number of benzene rings is 1. The summed E-state index contributed by atoms with van der Waals surface area (Å²) in [6, 6.07) is 10.0. The smallest absolute Gasteiger partial charge is 0.337 e. The minimum absolute atomic E-state index is 0.203. The molecule has 1 aromatic carbocycles. The molecule has 0 aliphatic rings. The summed E-state index contributed by atoms with van der Waals surface area (Å²) >= 11 is 0. The minimum atomic E-state index is -0.419. The lowest BCUT2D eigenvalue weighted by Crippen LogP contribution is -2.18. The number of carbonyl (C=O) groups excluding carboxylic acids is 1. The zero-order valence-electron chi connectivity index (χ0n) is 12.8. The van der Waals surface area contributed by atoms with Gasteiger partial charge < -0.3 is 14.5 Å². The number of rotatable bonds is 5. The van der Waals surface area contributed by atoms with Crippen molar-refractivity contribution in [3.63, 3.8) is 0 Å². The number of aromatic amines is 1. The third-order valence-corrected chi connectivity index (χ3v) is 3.26. The van der Waals surface area contributed by atoms with Gasteiger partial charge in [0, 0.05) is 5.69 Å². The number of esters is 1. The molecule has 0 amide bonds. The average molecular weight is 326 g/mol. The Bertz CT molecular complexity index is 885. The van der Waals surface area contributed by atoms with E-state index in [9.17, 15) is 9.59 Å². The highest BCUT2D eigenvalue weighted by molar-refractivity contribution is 5.89. The Morgan fingerprint density at radius 1 is 1.25 bits per heavy atom. The van der Waals surface area contributed by atoms with Gasteiger partial charge in [0.2, 0.25) is 5.95 Å². The van der Waals surface area contributed by atoms with Gasteiger partial charge in [-0.3, -0.25) is 9.78 Å². The third kappa shape index (κ3) is 3.49. The highest BCUT2D eigenvalue weighted by atomic mass is 16.5. The number of nitrogens with zero attached hydrogens (tertiary/aromatic N) is 2. The predicted molar refractivity (Wildman–Crippen MR) is 85.2 cm³/mol. The molecule has 2 N–H and O–H groups in total. The molecule has 8 nitrogen and oxygen atoms in total. The number of H-pyrrole nitrogens is 1. The quantitative estimate of drug-likeness (QED) is 0.689. The van der Waals surface area contributed by atoms with Crippen LogP contribution in [-0.2, 0) is 11.2 Å². The summed E-state index contributed by atoms with van der Waals surface area (Å²) in [5, 5.41) is 10.8. The Kier molecular flexibility index (Phi) is 4.37. The van der Waals surface area contributed by atoms with Crippen LogP contribution in [-0.4, -0.2) is 28.3 Å². The van der Waals surface area contributed by atoms with Crippen molar-refractivity contribution in [3.8, 4) is 0 Å². The highest BCUT2D eigenvalue weighted by Crippen LogP contribution is 2.13. The van der Waals surface area contributed by atoms with E-state index >= 15 is 0 Å². The summed E-state index contributed by atoms with van der Waals surface area (Å²) in [5.41, 5.74) is 0.981. The molecule has 0 saturated carbocycles. The van der Waals surface area contributed by atoms with Crippen LogP contribution in [0.2, 0.25) is 0 Å². The second-order valence-corrected chi connectivity index (χ2v) is 4.90. The van der Waals surface area contributed by atoms with E-state index in [2.05, 4.69) is 25.2 Å². The summed E-state index contributed by atoms with van der Waals surface area (Å²) in [4.78, 5) is 26.0. The van der Waals surface area contributed by atoms with Crippen molar-refractivity contribution in [2.45, 2.75) is 6.42 Å². The second kappa shape index (κ2) is 6.78. The van der Waals surface area contributed by atoms with Crippen LogP contribution in [0.5, 0.6) is 0 Å². The molecule has 3 aromatic rings. The maximum Gasteiger partial charge on any atom is 0.337 e. The van der Waals surface area contributed by atoms with E-state index in [-0.39, 0.29) is 23.6 Å². The summed E-state index contributed by atoms with van der Waals surface area (Å²) in [6.07, 6.45) is 1.80. The number of carbonyl (C=O) groups is 1. The van der Waals surface area contributed by atoms with Crippen LogP contribution in [0.1, 0.15) is 21.8 Å². The van der Waals surface area contributed by atoms with Crippen molar-refractivity contribution >= 4 is 17.6 Å². The van der Waals surface area contributed by atoms with Gasteiger partial charge in [0.1, 0.15) is 11.5 Å². The second-order valence-electron chi connectivity index (χ2n) is 4.90. The molecule has 2 aromatic heterocycles. The lowest BCUT2D eigenvalue weighted by atomic mass is 10.2. The van der Waals surface area contributed by atoms with Gasteiger partial charge in [0.15, 0.2) is 0 Å². The van der Waals surface area contributed by atoms with Crippen LogP contribution < -0.4 is 10.9 Å². The van der Waals surface area contributed by atoms with Crippen molar-refractivity contribution in [1.82, 2.24) is 15.2 Å². The van der Waals surface area contributed by atoms with Crippen molar-refractivity contribution in [1.29, 1.82) is 0 Å². The fourth-order valence-electron chi connectivity index (χ4n) is 2.05. The number of anilines is 2. The van der Waals surface area contributed by atoms with E-state index < -0.39 is 5.97 Å². The first-order chi connectivity index (χ1) is 11.7. The van der Waals surface area contributed by atoms with Crippen molar-refractivity contribution in [2.24, 2.45) is 0 Å². The lowest BCUT2D eigenvalue weighted by Gasteiger charge is -2.06. The fraction of sp³-hybridized carbons (Fsp3) is 0.125. The first kappa shape index (κ1) is 15.5. The Labute approximate surface area is 136 Å². The zero-order chi connectivity index (χ0) is 16.9. The number of aromatic nitrogens is 3. The SMILES string of the molecule is COC(=O)c1ccc(Nc2nnc(Cc3ccco3)c(=O)[nH]2)cc1. The maximum atomic E-state index is 12.0. The minimum Gasteiger partial charge on any atom is -0.469 e. The van der Waals surface area contributed by atoms with Crippen molar-refractivity contribution in [2.75, 3.05) is 12.4 Å². The van der Waals surface area contributed by atoms with Gasteiger partial charge in [0.05, 0.1) is 25.4 Å². The van der Waals surface area contributed by atoms with Crippen molar-refractivity contribution in [3.05, 3.63) is 70.0 Å². The van der Waals surface area contributed by atoms with E-state index in [0.717, 1.165) is 0 Å². The molecular formula is C16H14N4O4. The molecule has 0 unspecified atom stereocenters. The first-order valence-electron chi connectivity index (χ1n) is 7.09. The average Bonchev–Trinajstić information content (AvgIpc) is 3.10. The van der Waals surface area contributed by atoms with Crippen LogP contribution in [0.15, 0.2) is 51.9 Å². The van der Waals surface area contributed by atoms with Gasteiger partial charge in [-0.05, 0) is 36.4 Å². The molecule has 0 aliphatic heterocycles. The standard InChI is InChI=1S/C16H14N4O4/c1-23-15(22)10-4-6-11(7-5-10)17-16-18-14(21)13(19-20-16)9-12-3-2-8-24-12/h2-8H,9H2,1H3,(H2,17,18,20,21). The monoisotopic (exact) mass is 326 g/mol. The number of hydrogen-bond donors (Lipinski definition) is 2. The topological polar surface area (TPSA) is 110 Å². The summed E-state index contributed by atoms with van der Waals surface area (Å²) < 4.78 is 9.81. The Balaban J connectivity index is 1.72. The van der Waals surface area contributed by atoms with Crippen LogP contribution >= 0.6 is 0 Å². The fourth-order valence-corrected chi connectivity index (χ4v) is 2.05. The van der Waals surface area contributed by atoms with Gasteiger partial charge in [-0.15, -0.1) is 10.2 Å². The number of furan rings is 1. The highest BCUT2D eigenvalue weighted by Gasteiger charge is 2.09. The molecule has 2 heterocycles. The number of nitrogens with one attached hydrogen (secondary N) is 2. The molecule has 0 fully saturated rings. The molecular weight excluding hydrogens is 312 g/mol. The molecule has 0 bridgehead atoms. The van der Waals surface area contributed by atoms with E-state index in [1.165, 1.54) is 13.4 Å². The van der Waals surface area contributed by atoms with Gasteiger partial charge in [-0.1, -0.05) is 0 Å². The van der Waals surface area contributed by atoms with Gasteiger partial charge >= 0.3 is 5.97 Å². The summed E-state index contributed by atoms with van der Waals surface area (Å²) in [5.74, 6) is 0.417. The molecule has 3 rings (SSSR count). The van der Waals surface area contributed by atoms with Crippen LogP contribution in [0, 0.1) is 0 Å². The summed E-state index contributed by atoms with van der Waals surface area (Å²) in [7, 11) is 1.32. The largest absolute Gasteiger partial charge is 0.469 e.